The number of aromatic nitrogens is 6. The predicted octanol–water partition coefficient (Wildman–Crippen LogP) is -0.856. The molecule has 0 aliphatic rings. The number of hydrogen-bond acceptors (Lipinski definition) is 9. The van der Waals surface area contributed by atoms with Gasteiger partial charge in [-0.1, -0.05) is 0 Å². The highest BCUT2D eigenvalue weighted by molar-refractivity contribution is 5.36. The van der Waals surface area contributed by atoms with E-state index in [4.69, 9.17) is 10.6 Å². The van der Waals surface area contributed by atoms with Gasteiger partial charge in [0.1, 0.15) is 6.33 Å². The zero-order valence-corrected chi connectivity index (χ0v) is 10.2. The number of nitrogen functional groups attached to an aromatic ring is 1. The summed E-state index contributed by atoms with van der Waals surface area (Å²) in [6.07, 6.45) is 1.51. The maximum Gasteiger partial charge on any atom is 0.343 e. The second-order valence-corrected chi connectivity index (χ2v) is 3.58. The van der Waals surface area contributed by atoms with Crippen LogP contribution in [0.25, 0.3) is 0 Å². The first-order valence-corrected chi connectivity index (χ1v) is 5.02. The van der Waals surface area contributed by atoms with Gasteiger partial charge in [0.05, 0.1) is 0 Å². The van der Waals surface area contributed by atoms with Crippen molar-refractivity contribution in [2.75, 3.05) is 24.4 Å². The molecule has 0 spiro atoms. The number of anilines is 2. The van der Waals surface area contributed by atoms with E-state index in [1.54, 1.807) is 26.0 Å². The molecule has 2 rings (SSSR count). The van der Waals surface area contributed by atoms with E-state index in [0.29, 0.717) is 5.95 Å². The van der Waals surface area contributed by atoms with Gasteiger partial charge in [-0.05, 0) is 0 Å². The normalized spacial score (nSPS) is 10.2. The van der Waals surface area contributed by atoms with Gasteiger partial charge in [0.15, 0.2) is 0 Å². The number of nitrogens with one attached hydrogen (secondary N) is 1. The molecule has 0 aromatic carbocycles. The fraction of sp³-hybridized carbons (Fsp3) is 0.375. The average Bonchev–Trinajstić information content (AvgIpc) is 2.74. The Balaban J connectivity index is 2.29. The minimum Gasteiger partial charge on any atom is -0.387 e. The molecule has 0 aliphatic carbocycles. The molecule has 0 bridgehead atoms. The number of hydrazine groups is 1. The maximum atomic E-state index is 5.30. The summed E-state index contributed by atoms with van der Waals surface area (Å²) in [4.78, 5) is 17.7. The highest BCUT2D eigenvalue weighted by atomic mass is 16.5. The summed E-state index contributed by atoms with van der Waals surface area (Å²) in [5, 5.41) is 3.95. The van der Waals surface area contributed by atoms with Crippen molar-refractivity contribution in [3.8, 4) is 12.0 Å². The molecule has 0 unspecified atom stereocenters. The van der Waals surface area contributed by atoms with Crippen molar-refractivity contribution in [3.63, 3.8) is 0 Å². The predicted molar refractivity (Wildman–Crippen MR) is 63.0 cm³/mol. The van der Waals surface area contributed by atoms with E-state index in [9.17, 15) is 0 Å². The first-order chi connectivity index (χ1) is 8.58. The third kappa shape index (κ3) is 2.60. The summed E-state index contributed by atoms with van der Waals surface area (Å²) in [6, 6.07) is 0.212. The van der Waals surface area contributed by atoms with E-state index in [2.05, 4.69) is 30.5 Å². The molecule has 0 radical (unpaired) electrons. The molecule has 0 aliphatic heterocycles. The van der Waals surface area contributed by atoms with Crippen molar-refractivity contribution in [2.45, 2.75) is 0 Å². The van der Waals surface area contributed by atoms with Gasteiger partial charge >= 0.3 is 12.0 Å². The van der Waals surface area contributed by atoms with Crippen molar-refractivity contribution in [3.05, 3.63) is 6.33 Å². The summed E-state index contributed by atoms with van der Waals surface area (Å²) >= 11 is 0. The van der Waals surface area contributed by atoms with Crippen LogP contribution in [0.2, 0.25) is 0 Å². The molecule has 0 saturated heterocycles. The lowest BCUT2D eigenvalue weighted by Crippen LogP contribution is -2.17. The molecule has 2 aromatic rings. The first kappa shape index (κ1) is 12.0. The highest BCUT2D eigenvalue weighted by Crippen LogP contribution is 2.16. The lowest BCUT2D eigenvalue weighted by Gasteiger charge is -2.11. The Morgan fingerprint density at radius 3 is 2.61 bits per heavy atom. The molecule has 3 N–H and O–H groups in total. The van der Waals surface area contributed by atoms with Gasteiger partial charge in [-0.15, -0.1) is 5.10 Å². The van der Waals surface area contributed by atoms with Crippen molar-refractivity contribution in [1.82, 2.24) is 29.7 Å². The fourth-order valence-corrected chi connectivity index (χ4v) is 1.10. The molecule has 10 nitrogen and oxygen atoms in total. The number of nitrogens with zero attached hydrogens (tertiary/aromatic N) is 7. The first-order valence-electron chi connectivity index (χ1n) is 5.02. The molecule has 0 atom stereocenters. The van der Waals surface area contributed by atoms with Crippen molar-refractivity contribution in [1.29, 1.82) is 0 Å². The van der Waals surface area contributed by atoms with E-state index in [-0.39, 0.29) is 18.0 Å². The molecule has 0 fully saturated rings. The van der Waals surface area contributed by atoms with Crippen LogP contribution in [0.3, 0.4) is 0 Å². The van der Waals surface area contributed by atoms with Crippen LogP contribution >= 0.6 is 0 Å². The Morgan fingerprint density at radius 2 is 2.06 bits per heavy atom. The highest BCUT2D eigenvalue weighted by Gasteiger charge is 2.11. The quantitative estimate of drug-likeness (QED) is 0.528. The van der Waals surface area contributed by atoms with Crippen LogP contribution in [0.1, 0.15) is 0 Å². The van der Waals surface area contributed by atoms with E-state index < -0.39 is 0 Å². The van der Waals surface area contributed by atoms with E-state index in [0.717, 1.165) is 0 Å². The van der Waals surface area contributed by atoms with Crippen LogP contribution < -0.4 is 20.9 Å². The fourth-order valence-electron chi connectivity index (χ4n) is 1.10. The van der Waals surface area contributed by atoms with Crippen molar-refractivity contribution < 1.29 is 4.74 Å². The van der Waals surface area contributed by atoms with Crippen molar-refractivity contribution >= 4 is 11.9 Å². The Morgan fingerprint density at radius 1 is 1.28 bits per heavy atom. The zero-order chi connectivity index (χ0) is 13.1. The monoisotopic (exact) mass is 251 g/mol. The summed E-state index contributed by atoms with van der Waals surface area (Å²) < 4.78 is 6.81. The molecule has 18 heavy (non-hydrogen) atoms. The summed E-state index contributed by atoms with van der Waals surface area (Å²) in [5.74, 6) is 5.87. The molecule has 10 heteroatoms. The Bertz CT molecular complexity index is 537. The second-order valence-electron chi connectivity index (χ2n) is 3.58. The Labute approximate surface area is 103 Å². The zero-order valence-electron chi connectivity index (χ0n) is 10.2. The largest absolute Gasteiger partial charge is 0.387 e. The molecular formula is C8H13N9O. The number of rotatable bonds is 4. The van der Waals surface area contributed by atoms with Crippen molar-refractivity contribution in [2.24, 2.45) is 12.9 Å². The molecular weight excluding hydrogens is 238 g/mol. The smallest absolute Gasteiger partial charge is 0.343 e. The van der Waals surface area contributed by atoms with Crippen LogP contribution in [0.5, 0.6) is 12.0 Å². The van der Waals surface area contributed by atoms with Crippen LogP contribution in [0, 0.1) is 0 Å². The lowest BCUT2D eigenvalue weighted by atomic mass is 10.8. The second kappa shape index (κ2) is 4.79. The van der Waals surface area contributed by atoms with Crippen LogP contribution in [0.15, 0.2) is 6.33 Å². The standard InChI is InChI=1S/C8H13N9O/c1-16(2)6-11-5(14-9)12-8(13-6)18-7-10-4-17(3)15-7/h4H,9H2,1-3H3,(H,11,12,13,14). The molecule has 96 valence electrons. The Hall–Kier alpha value is -2.49. The molecule has 0 saturated carbocycles. The maximum absolute atomic E-state index is 5.30. The number of nitrogens with two attached hydrogens (primary N) is 1. The third-order valence-electron chi connectivity index (χ3n) is 1.89. The van der Waals surface area contributed by atoms with E-state index in [1.165, 1.54) is 11.0 Å². The molecule has 2 aromatic heterocycles. The van der Waals surface area contributed by atoms with Gasteiger partial charge in [-0.3, -0.25) is 10.1 Å². The lowest BCUT2D eigenvalue weighted by molar-refractivity contribution is 0.404. The third-order valence-corrected chi connectivity index (χ3v) is 1.89. The Kier molecular flexibility index (Phi) is 3.19. The summed E-state index contributed by atoms with van der Waals surface area (Å²) in [6.45, 7) is 0. The number of ether oxygens (including phenoxy) is 1. The van der Waals surface area contributed by atoms with Gasteiger partial charge in [-0.25, -0.2) is 5.84 Å². The SMILES string of the molecule is CN(C)c1nc(NN)nc(Oc2ncn(C)n2)n1. The topological polar surface area (TPSA) is 120 Å². The molecule has 0 amide bonds. The minimum absolute atomic E-state index is 0.0628. The summed E-state index contributed by atoms with van der Waals surface area (Å²) in [5.41, 5.74) is 2.34. The van der Waals surface area contributed by atoms with Gasteiger partial charge in [0.25, 0.3) is 0 Å². The van der Waals surface area contributed by atoms with Crippen LogP contribution in [-0.2, 0) is 7.05 Å². The average molecular weight is 251 g/mol. The van der Waals surface area contributed by atoms with E-state index in [1.807, 2.05) is 0 Å². The molecule has 2 heterocycles. The summed E-state index contributed by atoms with van der Waals surface area (Å²) in [7, 11) is 5.31. The van der Waals surface area contributed by atoms with Gasteiger partial charge < -0.3 is 9.64 Å². The van der Waals surface area contributed by atoms with Crippen LogP contribution in [-0.4, -0.2) is 43.8 Å². The van der Waals surface area contributed by atoms with Crippen LogP contribution in [0.4, 0.5) is 11.9 Å². The number of hydrogen-bond donors (Lipinski definition) is 2. The van der Waals surface area contributed by atoms with Gasteiger partial charge in [0.2, 0.25) is 11.9 Å². The number of aryl methyl sites for hydroxylation is 1. The van der Waals surface area contributed by atoms with Gasteiger partial charge in [-0.2, -0.15) is 19.9 Å². The van der Waals surface area contributed by atoms with Gasteiger partial charge in [0, 0.05) is 21.1 Å². The minimum atomic E-state index is 0.0628. The van der Waals surface area contributed by atoms with E-state index >= 15 is 0 Å².